The molecule has 1 amide bonds. The lowest BCUT2D eigenvalue weighted by molar-refractivity contribution is 0.0782. The number of amidine groups is 1. The molecule has 6 heteroatoms. The molecule has 0 radical (unpaired) electrons. The van der Waals surface area contributed by atoms with Crippen molar-refractivity contribution in [2.24, 2.45) is 10.9 Å². The molecule has 3 N–H and O–H groups in total. The van der Waals surface area contributed by atoms with Gasteiger partial charge < -0.3 is 20.7 Å². The summed E-state index contributed by atoms with van der Waals surface area (Å²) < 4.78 is 0. The Labute approximate surface area is 124 Å². The molecule has 2 rings (SSSR count). The highest BCUT2D eigenvalue weighted by molar-refractivity contribution is 6.01. The Kier molecular flexibility index (Phi) is 5.16. The fraction of sp³-hybridized carbons (Fsp3) is 0.467. The summed E-state index contributed by atoms with van der Waals surface area (Å²) in [7, 11) is 1.80. The molecule has 0 aromatic heterocycles. The van der Waals surface area contributed by atoms with Gasteiger partial charge in [0, 0.05) is 31.3 Å². The second kappa shape index (κ2) is 7.08. The Morgan fingerprint density at radius 1 is 1.38 bits per heavy atom. The molecule has 1 heterocycles. The zero-order chi connectivity index (χ0) is 15.2. The first-order valence-electron chi connectivity index (χ1n) is 7.17. The molecule has 0 atom stereocenters. The Morgan fingerprint density at radius 3 is 2.71 bits per heavy atom. The number of likely N-dealkylation sites (N-methyl/N-ethyl adjacent to an activating group) is 1. The number of nitrogens with zero attached hydrogens (tertiary/aromatic N) is 3. The number of rotatable bonds is 5. The molecule has 0 aliphatic carbocycles. The molecule has 0 spiro atoms. The summed E-state index contributed by atoms with van der Waals surface area (Å²) in [6.07, 6.45) is 2.50. The van der Waals surface area contributed by atoms with Gasteiger partial charge in [-0.25, -0.2) is 0 Å². The zero-order valence-corrected chi connectivity index (χ0v) is 12.3. The van der Waals surface area contributed by atoms with Crippen LogP contribution in [0.3, 0.4) is 0 Å². The number of carbonyl (C=O) groups is 1. The Morgan fingerprint density at radius 2 is 2.05 bits per heavy atom. The summed E-state index contributed by atoms with van der Waals surface area (Å²) >= 11 is 0. The molecule has 1 fully saturated rings. The van der Waals surface area contributed by atoms with Crippen LogP contribution >= 0.6 is 0 Å². The van der Waals surface area contributed by atoms with Crippen LogP contribution in [-0.4, -0.2) is 60.0 Å². The van der Waals surface area contributed by atoms with Crippen LogP contribution in [0, 0.1) is 0 Å². The second-order valence-electron chi connectivity index (χ2n) is 5.34. The molecule has 6 nitrogen and oxygen atoms in total. The standard InChI is InChI=1S/C15H22N4O2/c1-18(9-10-19-7-2-3-8-19)15(20)13-6-4-5-12(11-13)14(16)17-21/h4-6,11,21H,2-3,7-10H2,1H3,(H2,16,17). The summed E-state index contributed by atoms with van der Waals surface area (Å²) in [4.78, 5) is 16.5. The Bertz CT molecular complexity index is 524. The molecule has 0 bridgehead atoms. The molecule has 114 valence electrons. The van der Waals surface area contributed by atoms with Gasteiger partial charge >= 0.3 is 0 Å². The topological polar surface area (TPSA) is 82.2 Å². The van der Waals surface area contributed by atoms with Gasteiger partial charge in [0.05, 0.1) is 0 Å². The van der Waals surface area contributed by atoms with Crippen molar-refractivity contribution < 1.29 is 10.0 Å². The maximum atomic E-state index is 12.4. The van der Waals surface area contributed by atoms with Crippen LogP contribution in [0.2, 0.25) is 0 Å². The van der Waals surface area contributed by atoms with Crippen molar-refractivity contribution >= 4 is 11.7 Å². The van der Waals surface area contributed by atoms with Crippen molar-refractivity contribution in [3.8, 4) is 0 Å². The number of hydrogen-bond acceptors (Lipinski definition) is 4. The van der Waals surface area contributed by atoms with Crippen LogP contribution in [0.15, 0.2) is 29.4 Å². The molecule has 1 saturated heterocycles. The van der Waals surface area contributed by atoms with Gasteiger partial charge in [-0.1, -0.05) is 17.3 Å². The van der Waals surface area contributed by atoms with E-state index in [1.165, 1.54) is 12.8 Å². The first-order chi connectivity index (χ1) is 10.1. The monoisotopic (exact) mass is 290 g/mol. The minimum absolute atomic E-state index is 0.00405. The fourth-order valence-corrected chi connectivity index (χ4v) is 2.49. The van der Waals surface area contributed by atoms with E-state index < -0.39 is 0 Å². The molecule has 0 saturated carbocycles. The van der Waals surface area contributed by atoms with E-state index in [1.54, 1.807) is 36.2 Å². The molecule has 1 aliphatic heterocycles. The zero-order valence-electron chi connectivity index (χ0n) is 12.3. The minimum atomic E-state index is -0.0539. The number of nitrogens with two attached hydrogens (primary N) is 1. The first kappa shape index (κ1) is 15.3. The number of carbonyl (C=O) groups excluding carboxylic acids is 1. The van der Waals surface area contributed by atoms with Gasteiger partial charge in [-0.05, 0) is 38.1 Å². The van der Waals surface area contributed by atoms with Crippen LogP contribution in [0.25, 0.3) is 0 Å². The summed E-state index contributed by atoms with van der Waals surface area (Å²) in [6.45, 7) is 3.86. The van der Waals surface area contributed by atoms with Crippen LogP contribution in [0.1, 0.15) is 28.8 Å². The van der Waals surface area contributed by atoms with E-state index in [-0.39, 0.29) is 11.7 Å². The van der Waals surface area contributed by atoms with Crippen molar-refractivity contribution in [2.45, 2.75) is 12.8 Å². The van der Waals surface area contributed by atoms with Crippen molar-refractivity contribution in [1.82, 2.24) is 9.80 Å². The highest BCUT2D eigenvalue weighted by Gasteiger charge is 2.16. The van der Waals surface area contributed by atoms with Gasteiger partial charge in [0.2, 0.25) is 0 Å². The number of amides is 1. The first-order valence-corrected chi connectivity index (χ1v) is 7.17. The van der Waals surface area contributed by atoms with E-state index in [4.69, 9.17) is 10.9 Å². The molecule has 1 aromatic carbocycles. The summed E-state index contributed by atoms with van der Waals surface area (Å²) in [5.41, 5.74) is 6.63. The van der Waals surface area contributed by atoms with Crippen molar-refractivity contribution in [3.05, 3.63) is 35.4 Å². The minimum Gasteiger partial charge on any atom is -0.409 e. The summed E-state index contributed by atoms with van der Waals surface area (Å²) in [5.74, 6) is -0.0499. The van der Waals surface area contributed by atoms with Crippen LogP contribution in [-0.2, 0) is 0 Å². The molecule has 0 unspecified atom stereocenters. The number of likely N-dealkylation sites (tertiary alicyclic amines) is 1. The van der Waals surface area contributed by atoms with Crippen LogP contribution in [0.5, 0.6) is 0 Å². The van der Waals surface area contributed by atoms with Gasteiger partial charge in [0.15, 0.2) is 5.84 Å². The lowest BCUT2D eigenvalue weighted by atomic mass is 10.1. The van der Waals surface area contributed by atoms with Gasteiger partial charge in [-0.2, -0.15) is 0 Å². The summed E-state index contributed by atoms with van der Waals surface area (Å²) in [5, 5.41) is 11.6. The van der Waals surface area contributed by atoms with E-state index in [9.17, 15) is 4.79 Å². The smallest absolute Gasteiger partial charge is 0.253 e. The molecule has 1 aliphatic rings. The molecular formula is C15H22N4O2. The van der Waals surface area contributed by atoms with Gasteiger partial charge in [-0.15, -0.1) is 0 Å². The maximum Gasteiger partial charge on any atom is 0.253 e. The largest absolute Gasteiger partial charge is 0.409 e. The van der Waals surface area contributed by atoms with E-state index in [1.807, 2.05) is 0 Å². The van der Waals surface area contributed by atoms with Gasteiger partial charge in [0.1, 0.15) is 0 Å². The Hall–Kier alpha value is -2.08. The number of hydrogen-bond donors (Lipinski definition) is 2. The Balaban J connectivity index is 1.98. The van der Waals surface area contributed by atoms with Crippen molar-refractivity contribution in [2.75, 3.05) is 33.2 Å². The predicted molar refractivity (Wildman–Crippen MR) is 81.6 cm³/mol. The molecule has 21 heavy (non-hydrogen) atoms. The highest BCUT2D eigenvalue weighted by atomic mass is 16.4. The normalized spacial score (nSPS) is 16.1. The average molecular weight is 290 g/mol. The van der Waals surface area contributed by atoms with E-state index in [0.29, 0.717) is 17.7 Å². The number of benzene rings is 1. The van der Waals surface area contributed by atoms with E-state index >= 15 is 0 Å². The van der Waals surface area contributed by atoms with Crippen LogP contribution in [0.4, 0.5) is 0 Å². The summed E-state index contributed by atoms with van der Waals surface area (Å²) in [6, 6.07) is 6.82. The third-order valence-electron chi connectivity index (χ3n) is 3.81. The SMILES string of the molecule is CN(CCN1CCCC1)C(=O)c1cccc(C(N)=NO)c1. The number of oxime groups is 1. The maximum absolute atomic E-state index is 12.4. The van der Waals surface area contributed by atoms with E-state index in [2.05, 4.69) is 10.1 Å². The predicted octanol–water partition coefficient (Wildman–Crippen LogP) is 0.949. The van der Waals surface area contributed by atoms with Gasteiger partial charge in [0.25, 0.3) is 5.91 Å². The average Bonchev–Trinajstić information content (AvgIpc) is 3.04. The van der Waals surface area contributed by atoms with Gasteiger partial charge in [-0.3, -0.25) is 4.79 Å². The molecular weight excluding hydrogens is 268 g/mol. The van der Waals surface area contributed by atoms with Crippen molar-refractivity contribution in [3.63, 3.8) is 0 Å². The third-order valence-corrected chi connectivity index (χ3v) is 3.81. The lowest BCUT2D eigenvalue weighted by Crippen LogP contribution is -2.35. The van der Waals surface area contributed by atoms with Crippen molar-refractivity contribution in [1.29, 1.82) is 0 Å². The fourth-order valence-electron chi connectivity index (χ4n) is 2.49. The second-order valence-corrected chi connectivity index (χ2v) is 5.34. The highest BCUT2D eigenvalue weighted by Crippen LogP contribution is 2.10. The van der Waals surface area contributed by atoms with Crippen LogP contribution < -0.4 is 5.73 Å². The third kappa shape index (κ3) is 3.95. The molecule has 1 aromatic rings. The quantitative estimate of drug-likeness (QED) is 0.366. The lowest BCUT2D eigenvalue weighted by Gasteiger charge is -2.21. The van der Waals surface area contributed by atoms with E-state index in [0.717, 1.165) is 19.6 Å².